The number of aromatic nitrogens is 4. The van der Waals surface area contributed by atoms with Crippen molar-refractivity contribution in [2.75, 3.05) is 0 Å². The van der Waals surface area contributed by atoms with Gasteiger partial charge in [0.25, 0.3) is 0 Å². The number of fused-ring (bicyclic) bond motifs is 3. The number of hydrogen-bond donors (Lipinski definition) is 0. The van der Waals surface area contributed by atoms with Crippen molar-refractivity contribution in [3.63, 3.8) is 0 Å². The molecular formula is C19H20N4+2. The van der Waals surface area contributed by atoms with Crippen LogP contribution in [-0.4, -0.2) is 9.97 Å². The maximum Gasteiger partial charge on any atom is 0.173 e. The maximum absolute atomic E-state index is 4.97. The summed E-state index contributed by atoms with van der Waals surface area (Å²) in [7, 11) is 4.06. The van der Waals surface area contributed by atoms with Crippen LogP contribution in [0.3, 0.4) is 0 Å². The van der Waals surface area contributed by atoms with Crippen molar-refractivity contribution in [1.29, 1.82) is 0 Å². The van der Waals surface area contributed by atoms with Gasteiger partial charge >= 0.3 is 0 Å². The molecule has 1 aliphatic rings. The lowest BCUT2D eigenvalue weighted by atomic mass is 9.86. The van der Waals surface area contributed by atoms with Crippen molar-refractivity contribution < 1.29 is 9.13 Å². The Labute approximate surface area is 136 Å². The van der Waals surface area contributed by atoms with Crippen molar-refractivity contribution >= 4 is 0 Å². The minimum atomic E-state index is -0.133. The molecule has 0 saturated heterocycles. The molecule has 0 bridgehead atoms. The summed E-state index contributed by atoms with van der Waals surface area (Å²) in [6, 6.07) is 6.29. The van der Waals surface area contributed by atoms with E-state index in [1.54, 1.807) is 0 Å². The molecule has 3 heterocycles. The minimum Gasteiger partial charge on any atom is -0.252 e. The van der Waals surface area contributed by atoms with E-state index >= 15 is 0 Å². The van der Waals surface area contributed by atoms with Gasteiger partial charge in [-0.25, -0.2) is 14.1 Å². The highest BCUT2D eigenvalue weighted by Crippen LogP contribution is 2.46. The Kier molecular flexibility index (Phi) is 2.85. The van der Waals surface area contributed by atoms with Crippen molar-refractivity contribution in [3.05, 3.63) is 60.4 Å². The van der Waals surface area contributed by atoms with Crippen molar-refractivity contribution in [1.82, 2.24) is 9.97 Å². The topological polar surface area (TPSA) is 33.5 Å². The van der Waals surface area contributed by atoms with E-state index in [0.29, 0.717) is 0 Å². The predicted octanol–water partition coefficient (Wildman–Crippen LogP) is 2.10. The Balaban J connectivity index is 1.90. The lowest BCUT2D eigenvalue weighted by Gasteiger charge is -2.18. The molecule has 4 nitrogen and oxygen atoms in total. The van der Waals surface area contributed by atoms with Crippen molar-refractivity contribution in [2.45, 2.75) is 19.3 Å². The normalized spacial score (nSPS) is 14.4. The molecule has 0 unspecified atom stereocenters. The van der Waals surface area contributed by atoms with Gasteiger partial charge in [-0.3, -0.25) is 4.98 Å². The molecule has 0 aromatic carbocycles. The highest BCUT2D eigenvalue weighted by atomic mass is 14.9. The molecule has 23 heavy (non-hydrogen) atoms. The van der Waals surface area contributed by atoms with Crippen LogP contribution < -0.4 is 9.13 Å². The molecule has 0 amide bonds. The van der Waals surface area contributed by atoms with Crippen molar-refractivity contribution in [3.8, 4) is 22.5 Å². The van der Waals surface area contributed by atoms with Gasteiger partial charge in [-0.1, -0.05) is 0 Å². The molecule has 4 rings (SSSR count). The fraction of sp³-hybridized carbons (Fsp3) is 0.263. The zero-order valence-corrected chi connectivity index (χ0v) is 13.9. The summed E-state index contributed by atoms with van der Waals surface area (Å²) < 4.78 is 4.11. The molecule has 0 fully saturated rings. The SMILES string of the molecule is C[n+]1ccc(-c2cnc3c(n2)C(C)(C)c2c[n+](C)ccc2-3)cc1. The van der Waals surface area contributed by atoms with Crippen LogP contribution >= 0.6 is 0 Å². The number of rotatable bonds is 1. The fourth-order valence-electron chi connectivity index (χ4n) is 3.26. The van der Waals surface area contributed by atoms with Crippen LogP contribution in [0, 0.1) is 0 Å². The average Bonchev–Trinajstić information content (AvgIpc) is 2.76. The van der Waals surface area contributed by atoms with Crippen LogP contribution in [0.4, 0.5) is 0 Å². The Hall–Kier alpha value is -2.62. The van der Waals surface area contributed by atoms with Crippen LogP contribution in [0.25, 0.3) is 22.5 Å². The van der Waals surface area contributed by atoms with Crippen LogP contribution in [0.1, 0.15) is 25.1 Å². The van der Waals surface area contributed by atoms with E-state index in [-0.39, 0.29) is 5.41 Å². The smallest absolute Gasteiger partial charge is 0.173 e. The van der Waals surface area contributed by atoms with Gasteiger partial charge in [0.1, 0.15) is 14.1 Å². The summed E-state index contributed by atoms with van der Waals surface area (Å²) in [5.41, 5.74) is 6.44. The first kappa shape index (κ1) is 14.0. The van der Waals surface area contributed by atoms with E-state index in [4.69, 9.17) is 9.97 Å². The quantitative estimate of drug-likeness (QED) is 0.645. The van der Waals surface area contributed by atoms with Gasteiger partial charge in [0.05, 0.1) is 23.3 Å². The highest BCUT2D eigenvalue weighted by Gasteiger charge is 2.40. The Morgan fingerprint density at radius 2 is 1.65 bits per heavy atom. The highest BCUT2D eigenvalue weighted by molar-refractivity contribution is 5.76. The summed E-state index contributed by atoms with van der Waals surface area (Å²) in [6.07, 6.45) is 10.2. The number of nitrogens with zero attached hydrogens (tertiary/aromatic N) is 4. The van der Waals surface area contributed by atoms with Gasteiger partial charge < -0.3 is 0 Å². The lowest BCUT2D eigenvalue weighted by Crippen LogP contribution is -2.29. The first-order chi connectivity index (χ1) is 11.0. The molecule has 114 valence electrons. The molecular weight excluding hydrogens is 284 g/mol. The second-order valence-electron chi connectivity index (χ2n) is 6.77. The summed E-state index contributed by atoms with van der Waals surface area (Å²) in [4.78, 5) is 9.72. The molecule has 0 spiro atoms. The van der Waals surface area contributed by atoms with E-state index in [1.165, 1.54) is 11.1 Å². The molecule has 0 N–H and O–H groups in total. The second kappa shape index (κ2) is 4.69. The van der Waals surface area contributed by atoms with E-state index in [9.17, 15) is 0 Å². The molecule has 0 atom stereocenters. The Bertz CT molecular complexity index is 911. The Morgan fingerprint density at radius 3 is 2.39 bits per heavy atom. The van der Waals surface area contributed by atoms with Crippen LogP contribution in [0.5, 0.6) is 0 Å². The maximum atomic E-state index is 4.97. The van der Waals surface area contributed by atoms with Crippen LogP contribution in [-0.2, 0) is 19.5 Å². The average molecular weight is 304 g/mol. The molecule has 0 saturated carbocycles. The van der Waals surface area contributed by atoms with Gasteiger partial charge in [-0.05, 0) is 13.8 Å². The van der Waals surface area contributed by atoms with E-state index in [1.807, 2.05) is 30.2 Å². The molecule has 3 aromatic rings. The number of aryl methyl sites for hydroxylation is 2. The summed E-state index contributed by atoms with van der Waals surface area (Å²) in [5.74, 6) is 0. The molecule has 4 heteroatoms. The van der Waals surface area contributed by atoms with Crippen LogP contribution in [0.15, 0.2) is 49.2 Å². The second-order valence-corrected chi connectivity index (χ2v) is 6.77. The summed E-state index contributed by atoms with van der Waals surface area (Å²) in [5, 5.41) is 0. The summed E-state index contributed by atoms with van der Waals surface area (Å²) >= 11 is 0. The minimum absolute atomic E-state index is 0.133. The number of hydrogen-bond acceptors (Lipinski definition) is 2. The van der Waals surface area contributed by atoms with E-state index < -0.39 is 0 Å². The Morgan fingerprint density at radius 1 is 0.957 bits per heavy atom. The zero-order valence-electron chi connectivity index (χ0n) is 13.9. The van der Waals surface area contributed by atoms with Gasteiger partial charge in [0.15, 0.2) is 24.8 Å². The largest absolute Gasteiger partial charge is 0.252 e. The third kappa shape index (κ3) is 2.05. The van der Waals surface area contributed by atoms with E-state index in [2.05, 4.69) is 56.1 Å². The fourth-order valence-corrected chi connectivity index (χ4v) is 3.26. The van der Waals surface area contributed by atoms with E-state index in [0.717, 1.165) is 22.6 Å². The first-order valence-electron chi connectivity index (χ1n) is 7.80. The van der Waals surface area contributed by atoms with Gasteiger partial charge in [-0.15, -0.1) is 0 Å². The first-order valence-corrected chi connectivity index (χ1v) is 7.80. The predicted molar refractivity (Wildman–Crippen MR) is 87.4 cm³/mol. The zero-order chi connectivity index (χ0) is 16.2. The van der Waals surface area contributed by atoms with Crippen LogP contribution in [0.2, 0.25) is 0 Å². The molecule has 1 aliphatic carbocycles. The third-order valence-corrected chi connectivity index (χ3v) is 4.67. The third-order valence-electron chi connectivity index (χ3n) is 4.67. The lowest BCUT2D eigenvalue weighted by molar-refractivity contribution is -0.672. The molecule has 3 aromatic heterocycles. The standard InChI is InChI=1S/C19H20N4/c1-19(2)15-12-23(4)10-7-14(15)17-18(19)21-16(11-20-17)13-5-8-22(3)9-6-13/h5-12H,1-4H3/q+2. The van der Waals surface area contributed by atoms with Gasteiger partial charge in [-0.2, -0.15) is 0 Å². The molecule has 0 aliphatic heterocycles. The monoisotopic (exact) mass is 304 g/mol. The summed E-state index contributed by atoms with van der Waals surface area (Å²) in [6.45, 7) is 4.45. The van der Waals surface area contributed by atoms with Crippen molar-refractivity contribution in [2.24, 2.45) is 14.1 Å². The number of pyridine rings is 2. The molecule has 0 radical (unpaired) electrons. The van der Waals surface area contributed by atoms with Gasteiger partial charge in [0.2, 0.25) is 0 Å². The van der Waals surface area contributed by atoms with Gasteiger partial charge in [0, 0.05) is 40.3 Å².